The molecule has 5 nitrogen and oxygen atoms in total. The van der Waals surface area contributed by atoms with Crippen LogP contribution in [0.3, 0.4) is 0 Å². The van der Waals surface area contributed by atoms with E-state index in [1.165, 1.54) is 0 Å². The number of nitrogens with one attached hydrogen (secondary N) is 1. The van der Waals surface area contributed by atoms with Gasteiger partial charge < -0.3 is 15.2 Å². The van der Waals surface area contributed by atoms with Gasteiger partial charge in [-0.05, 0) is 12.8 Å². The van der Waals surface area contributed by atoms with Crippen molar-refractivity contribution in [3.05, 3.63) is 47.7 Å². The molecule has 0 radical (unpaired) electrons. The number of ketones is 1. The van der Waals surface area contributed by atoms with Crippen LogP contribution in [0.4, 0.5) is 0 Å². The van der Waals surface area contributed by atoms with E-state index in [2.05, 4.69) is 10.2 Å². The second-order valence-corrected chi connectivity index (χ2v) is 5.61. The zero-order chi connectivity index (χ0) is 16.3. The maximum atomic E-state index is 12.3. The first kappa shape index (κ1) is 17.7. The van der Waals surface area contributed by atoms with Gasteiger partial charge in [-0.2, -0.15) is 0 Å². The number of carbonyl (C=O) groups excluding carboxylic acids is 1. The lowest BCUT2D eigenvalue weighted by molar-refractivity contribution is 0.0387. The summed E-state index contributed by atoms with van der Waals surface area (Å²) in [5.74, 6) is -0.00240. The van der Waals surface area contributed by atoms with E-state index in [0.29, 0.717) is 18.4 Å². The minimum Gasteiger partial charge on any atom is -0.396 e. The molecule has 5 heteroatoms. The SMILES string of the molecule is O=C(/C=C(\CCCO)NCCN1CCOCC1)c1ccccc1. The zero-order valence-corrected chi connectivity index (χ0v) is 13.5. The maximum absolute atomic E-state index is 12.3. The lowest BCUT2D eigenvalue weighted by Gasteiger charge is -2.26. The van der Waals surface area contributed by atoms with Crippen LogP contribution in [0.5, 0.6) is 0 Å². The van der Waals surface area contributed by atoms with Gasteiger partial charge in [0.25, 0.3) is 0 Å². The van der Waals surface area contributed by atoms with Gasteiger partial charge in [0.2, 0.25) is 0 Å². The van der Waals surface area contributed by atoms with Gasteiger partial charge in [0.1, 0.15) is 0 Å². The number of rotatable bonds is 9. The molecule has 1 heterocycles. The number of allylic oxidation sites excluding steroid dienone is 2. The Morgan fingerprint density at radius 1 is 1.26 bits per heavy atom. The molecule has 1 aliphatic heterocycles. The number of ether oxygens (including phenoxy) is 1. The quantitative estimate of drug-likeness (QED) is 0.533. The second kappa shape index (κ2) is 10.2. The van der Waals surface area contributed by atoms with E-state index in [1.54, 1.807) is 6.08 Å². The maximum Gasteiger partial charge on any atom is 0.187 e. The van der Waals surface area contributed by atoms with Crippen molar-refractivity contribution >= 4 is 5.78 Å². The van der Waals surface area contributed by atoms with Crippen molar-refractivity contribution in [2.75, 3.05) is 46.0 Å². The summed E-state index contributed by atoms with van der Waals surface area (Å²) in [5, 5.41) is 12.4. The summed E-state index contributed by atoms with van der Waals surface area (Å²) < 4.78 is 5.34. The molecular formula is C18H26N2O3. The molecule has 126 valence electrons. The monoisotopic (exact) mass is 318 g/mol. The van der Waals surface area contributed by atoms with Crippen molar-refractivity contribution < 1.29 is 14.6 Å². The Morgan fingerprint density at radius 2 is 2.00 bits per heavy atom. The fraction of sp³-hybridized carbons (Fsp3) is 0.500. The van der Waals surface area contributed by atoms with Gasteiger partial charge in [0.05, 0.1) is 13.2 Å². The van der Waals surface area contributed by atoms with Crippen LogP contribution in [0.1, 0.15) is 23.2 Å². The minimum absolute atomic E-state index is 0.00240. The largest absolute Gasteiger partial charge is 0.396 e. The van der Waals surface area contributed by atoms with Gasteiger partial charge in [-0.3, -0.25) is 9.69 Å². The number of hydrogen-bond acceptors (Lipinski definition) is 5. The second-order valence-electron chi connectivity index (χ2n) is 5.61. The summed E-state index contributed by atoms with van der Waals surface area (Å²) in [5.41, 5.74) is 1.57. The number of morpholine rings is 1. The van der Waals surface area contributed by atoms with Crippen molar-refractivity contribution in [2.45, 2.75) is 12.8 Å². The summed E-state index contributed by atoms with van der Waals surface area (Å²) in [6, 6.07) is 9.25. The summed E-state index contributed by atoms with van der Waals surface area (Å²) in [7, 11) is 0. The average Bonchev–Trinajstić information content (AvgIpc) is 2.61. The summed E-state index contributed by atoms with van der Waals surface area (Å²) in [4.78, 5) is 14.6. The van der Waals surface area contributed by atoms with Crippen molar-refractivity contribution in [1.29, 1.82) is 0 Å². The number of aliphatic hydroxyl groups is 1. The summed E-state index contributed by atoms with van der Waals surface area (Å²) in [6.45, 7) is 5.35. The molecule has 1 saturated heterocycles. The summed E-state index contributed by atoms with van der Waals surface area (Å²) >= 11 is 0. The molecule has 0 aliphatic carbocycles. The van der Waals surface area contributed by atoms with Crippen LogP contribution in [-0.4, -0.2) is 61.8 Å². The van der Waals surface area contributed by atoms with Gasteiger partial charge in [-0.1, -0.05) is 30.3 Å². The van der Waals surface area contributed by atoms with Crippen molar-refractivity contribution in [2.24, 2.45) is 0 Å². The highest BCUT2D eigenvalue weighted by Crippen LogP contribution is 2.07. The molecule has 1 aromatic carbocycles. The minimum atomic E-state index is -0.00240. The molecule has 1 fully saturated rings. The molecule has 23 heavy (non-hydrogen) atoms. The molecular weight excluding hydrogens is 292 g/mol. The van der Waals surface area contributed by atoms with Crippen LogP contribution in [0.25, 0.3) is 0 Å². The van der Waals surface area contributed by atoms with E-state index >= 15 is 0 Å². The average molecular weight is 318 g/mol. The summed E-state index contributed by atoms with van der Waals surface area (Å²) in [6.07, 6.45) is 2.99. The molecule has 2 N–H and O–H groups in total. The molecule has 0 unspecified atom stereocenters. The Kier molecular flexibility index (Phi) is 7.80. The van der Waals surface area contributed by atoms with Crippen LogP contribution in [0, 0.1) is 0 Å². The van der Waals surface area contributed by atoms with Crippen LogP contribution in [0.2, 0.25) is 0 Å². The van der Waals surface area contributed by atoms with Crippen LogP contribution >= 0.6 is 0 Å². The molecule has 0 atom stereocenters. The number of aliphatic hydroxyl groups excluding tert-OH is 1. The van der Waals surface area contributed by atoms with Crippen molar-refractivity contribution in [1.82, 2.24) is 10.2 Å². The van der Waals surface area contributed by atoms with Gasteiger partial charge in [-0.15, -0.1) is 0 Å². The van der Waals surface area contributed by atoms with Crippen LogP contribution < -0.4 is 5.32 Å². The third-order valence-electron chi connectivity index (χ3n) is 3.85. The third kappa shape index (κ3) is 6.52. The van der Waals surface area contributed by atoms with Gasteiger partial charge >= 0.3 is 0 Å². The topological polar surface area (TPSA) is 61.8 Å². The molecule has 1 aromatic rings. The molecule has 0 bridgehead atoms. The normalized spacial score (nSPS) is 16.3. The first-order valence-electron chi connectivity index (χ1n) is 8.24. The third-order valence-corrected chi connectivity index (χ3v) is 3.85. The molecule has 0 aromatic heterocycles. The number of nitrogens with zero attached hydrogens (tertiary/aromatic N) is 1. The fourth-order valence-corrected chi connectivity index (χ4v) is 2.52. The number of benzene rings is 1. The van der Waals surface area contributed by atoms with Crippen LogP contribution in [-0.2, 0) is 4.74 Å². The van der Waals surface area contributed by atoms with E-state index in [1.807, 2.05) is 30.3 Å². The molecule has 0 spiro atoms. The van der Waals surface area contributed by atoms with E-state index in [-0.39, 0.29) is 12.4 Å². The number of hydrogen-bond donors (Lipinski definition) is 2. The standard InChI is InChI=1S/C18H26N2O3/c21-12-4-7-17(15-18(22)16-5-2-1-3-6-16)19-8-9-20-10-13-23-14-11-20/h1-3,5-6,15,19,21H,4,7-14H2/b17-15+. The number of carbonyl (C=O) groups is 1. The predicted molar refractivity (Wildman–Crippen MR) is 90.4 cm³/mol. The first-order chi connectivity index (χ1) is 11.3. The molecule has 2 rings (SSSR count). The van der Waals surface area contributed by atoms with Gasteiger partial charge in [-0.25, -0.2) is 0 Å². The fourth-order valence-electron chi connectivity index (χ4n) is 2.52. The Balaban J connectivity index is 1.87. The smallest absolute Gasteiger partial charge is 0.187 e. The Bertz CT molecular complexity index is 496. The predicted octanol–water partition coefficient (Wildman–Crippen LogP) is 1.45. The molecule has 0 amide bonds. The van der Waals surface area contributed by atoms with Crippen LogP contribution in [0.15, 0.2) is 42.1 Å². The Morgan fingerprint density at radius 3 is 2.70 bits per heavy atom. The van der Waals surface area contributed by atoms with E-state index in [4.69, 9.17) is 9.84 Å². The Hall–Kier alpha value is -1.69. The molecule has 0 saturated carbocycles. The molecule has 1 aliphatic rings. The van der Waals surface area contributed by atoms with E-state index in [9.17, 15) is 4.79 Å². The highest BCUT2D eigenvalue weighted by molar-refractivity contribution is 6.04. The van der Waals surface area contributed by atoms with Crippen molar-refractivity contribution in [3.8, 4) is 0 Å². The van der Waals surface area contributed by atoms with E-state index in [0.717, 1.165) is 45.1 Å². The first-order valence-corrected chi connectivity index (χ1v) is 8.24. The highest BCUT2D eigenvalue weighted by Gasteiger charge is 2.10. The van der Waals surface area contributed by atoms with E-state index < -0.39 is 0 Å². The lowest BCUT2D eigenvalue weighted by atomic mass is 10.1. The highest BCUT2D eigenvalue weighted by atomic mass is 16.5. The van der Waals surface area contributed by atoms with Crippen molar-refractivity contribution in [3.63, 3.8) is 0 Å². The van der Waals surface area contributed by atoms with Gasteiger partial charge in [0.15, 0.2) is 5.78 Å². The Labute approximate surface area is 137 Å². The lowest BCUT2D eigenvalue weighted by Crippen LogP contribution is -2.40. The van der Waals surface area contributed by atoms with Gasteiger partial charge in [0, 0.05) is 50.1 Å². The zero-order valence-electron chi connectivity index (χ0n) is 13.5.